The molecule has 19 heavy (non-hydrogen) atoms. The lowest BCUT2D eigenvalue weighted by Crippen LogP contribution is -2.12. The van der Waals surface area contributed by atoms with Crippen LogP contribution in [0.1, 0.15) is 5.56 Å². The number of hydrogen-bond acceptors (Lipinski definition) is 3. The average Bonchev–Trinajstić information content (AvgIpc) is 2.45. The van der Waals surface area contributed by atoms with Crippen LogP contribution in [0, 0.1) is 6.92 Å². The van der Waals surface area contributed by atoms with Crippen LogP contribution < -0.4 is 0 Å². The summed E-state index contributed by atoms with van der Waals surface area (Å²) >= 11 is 3.41. The van der Waals surface area contributed by atoms with Crippen LogP contribution in [0.25, 0.3) is 0 Å². The minimum Gasteiger partial charge on any atom is -0.391 e. The molecule has 100 valence electrons. The van der Waals surface area contributed by atoms with Gasteiger partial charge in [-0.05, 0) is 31.2 Å². The van der Waals surface area contributed by atoms with Crippen molar-refractivity contribution in [3.05, 3.63) is 60.2 Å². The molecule has 0 saturated heterocycles. The van der Waals surface area contributed by atoms with Crippen LogP contribution in [0.4, 0.5) is 0 Å². The lowest BCUT2D eigenvalue weighted by Gasteiger charge is -2.10. The van der Waals surface area contributed by atoms with Crippen LogP contribution in [0.3, 0.4) is 0 Å². The van der Waals surface area contributed by atoms with Crippen molar-refractivity contribution in [1.29, 1.82) is 0 Å². The highest BCUT2D eigenvalue weighted by atomic mass is 32.2. The van der Waals surface area contributed by atoms with Crippen molar-refractivity contribution in [2.75, 3.05) is 11.5 Å². The summed E-state index contributed by atoms with van der Waals surface area (Å²) in [7, 11) is 0. The molecule has 0 aliphatic rings. The Morgan fingerprint density at radius 3 is 1.95 bits per heavy atom. The summed E-state index contributed by atoms with van der Waals surface area (Å²) in [5.41, 5.74) is 1.27. The van der Waals surface area contributed by atoms with Gasteiger partial charge in [-0.2, -0.15) is 0 Å². The van der Waals surface area contributed by atoms with Crippen LogP contribution in [0.2, 0.25) is 0 Å². The molecule has 1 nitrogen and oxygen atoms in total. The van der Waals surface area contributed by atoms with E-state index in [1.165, 1.54) is 15.4 Å². The number of aliphatic hydroxyl groups excluding tert-OH is 1. The lowest BCUT2D eigenvalue weighted by molar-refractivity contribution is 0.225. The molecule has 1 N–H and O–H groups in total. The molecule has 3 heteroatoms. The maximum atomic E-state index is 9.98. The van der Waals surface area contributed by atoms with Gasteiger partial charge in [0.05, 0.1) is 6.10 Å². The molecule has 0 amide bonds. The van der Waals surface area contributed by atoms with Crippen molar-refractivity contribution in [2.24, 2.45) is 0 Å². The van der Waals surface area contributed by atoms with Gasteiger partial charge in [-0.15, -0.1) is 23.5 Å². The van der Waals surface area contributed by atoms with Gasteiger partial charge in [-0.25, -0.2) is 0 Å². The predicted molar refractivity (Wildman–Crippen MR) is 85.1 cm³/mol. The van der Waals surface area contributed by atoms with Gasteiger partial charge in [0.25, 0.3) is 0 Å². The zero-order valence-electron chi connectivity index (χ0n) is 11.0. The Hall–Kier alpha value is -0.900. The summed E-state index contributed by atoms with van der Waals surface area (Å²) in [6.45, 7) is 2.08. The monoisotopic (exact) mass is 290 g/mol. The van der Waals surface area contributed by atoms with E-state index in [9.17, 15) is 5.11 Å². The maximum Gasteiger partial charge on any atom is 0.0727 e. The quantitative estimate of drug-likeness (QED) is 0.804. The number of benzene rings is 2. The summed E-state index contributed by atoms with van der Waals surface area (Å²) in [5.74, 6) is 1.48. The van der Waals surface area contributed by atoms with Crippen LogP contribution in [-0.4, -0.2) is 22.7 Å². The molecule has 0 bridgehead atoms. The molecule has 0 aliphatic carbocycles. The molecule has 0 aromatic heterocycles. The Morgan fingerprint density at radius 2 is 1.37 bits per heavy atom. The fourth-order valence-electron chi connectivity index (χ4n) is 1.58. The topological polar surface area (TPSA) is 20.2 Å². The average molecular weight is 290 g/mol. The highest BCUT2D eigenvalue weighted by molar-refractivity contribution is 8.00. The fraction of sp³-hybridized carbons (Fsp3) is 0.250. The molecule has 0 aliphatic heterocycles. The molecule has 0 heterocycles. The summed E-state index contributed by atoms with van der Waals surface area (Å²) < 4.78 is 0. The molecule has 1 atom stereocenters. The number of rotatable bonds is 6. The van der Waals surface area contributed by atoms with Gasteiger partial charge in [0.15, 0.2) is 0 Å². The summed E-state index contributed by atoms with van der Waals surface area (Å²) in [4.78, 5) is 2.43. The Kier molecular flexibility index (Phi) is 5.83. The Balaban J connectivity index is 1.72. The summed E-state index contributed by atoms with van der Waals surface area (Å²) in [5, 5.41) is 9.98. The Labute approximate surface area is 123 Å². The van der Waals surface area contributed by atoms with E-state index in [0.717, 1.165) is 11.5 Å². The third kappa shape index (κ3) is 5.31. The zero-order chi connectivity index (χ0) is 13.5. The van der Waals surface area contributed by atoms with E-state index in [4.69, 9.17) is 0 Å². The smallest absolute Gasteiger partial charge is 0.0727 e. The first kappa shape index (κ1) is 14.5. The SMILES string of the molecule is Cc1ccc(SCC(O)CSc2ccccc2)cc1. The number of hydrogen-bond donors (Lipinski definition) is 1. The second-order valence-corrected chi connectivity index (χ2v) is 6.59. The van der Waals surface area contributed by atoms with Gasteiger partial charge in [0.2, 0.25) is 0 Å². The third-order valence-electron chi connectivity index (χ3n) is 2.65. The van der Waals surface area contributed by atoms with Crippen LogP contribution in [-0.2, 0) is 0 Å². The van der Waals surface area contributed by atoms with E-state index in [-0.39, 0.29) is 6.10 Å². The fourth-order valence-corrected chi connectivity index (χ4v) is 3.42. The standard InChI is InChI=1S/C16H18OS2/c1-13-7-9-16(10-8-13)19-12-14(17)11-18-15-5-3-2-4-6-15/h2-10,14,17H,11-12H2,1H3. The number of thioether (sulfide) groups is 2. The molecule has 0 radical (unpaired) electrons. The first-order valence-corrected chi connectivity index (χ1v) is 8.26. The van der Waals surface area contributed by atoms with Crippen LogP contribution in [0.5, 0.6) is 0 Å². The van der Waals surface area contributed by atoms with Crippen LogP contribution >= 0.6 is 23.5 Å². The van der Waals surface area contributed by atoms with Crippen molar-refractivity contribution >= 4 is 23.5 Å². The number of aryl methyl sites for hydroxylation is 1. The summed E-state index contributed by atoms with van der Waals surface area (Å²) in [6, 6.07) is 18.6. The first-order chi connectivity index (χ1) is 9.24. The minimum atomic E-state index is -0.281. The molecule has 2 aromatic carbocycles. The van der Waals surface area contributed by atoms with E-state index in [1.807, 2.05) is 18.2 Å². The highest BCUT2D eigenvalue weighted by Gasteiger charge is 2.06. The van der Waals surface area contributed by atoms with E-state index < -0.39 is 0 Å². The zero-order valence-corrected chi connectivity index (χ0v) is 12.6. The molecule has 0 saturated carbocycles. The predicted octanol–water partition coefficient (Wildman–Crippen LogP) is 4.24. The Morgan fingerprint density at radius 1 is 0.842 bits per heavy atom. The van der Waals surface area contributed by atoms with Gasteiger partial charge >= 0.3 is 0 Å². The normalized spacial score (nSPS) is 12.3. The second kappa shape index (κ2) is 7.63. The van der Waals surface area contributed by atoms with E-state index >= 15 is 0 Å². The van der Waals surface area contributed by atoms with Gasteiger partial charge in [-0.3, -0.25) is 0 Å². The van der Waals surface area contributed by atoms with E-state index in [2.05, 4.69) is 43.3 Å². The first-order valence-electron chi connectivity index (χ1n) is 6.29. The van der Waals surface area contributed by atoms with E-state index in [0.29, 0.717) is 0 Å². The molecule has 2 aromatic rings. The molecule has 0 spiro atoms. The van der Waals surface area contributed by atoms with Gasteiger partial charge < -0.3 is 5.11 Å². The number of aliphatic hydroxyl groups is 1. The maximum absolute atomic E-state index is 9.98. The molecular weight excluding hydrogens is 272 g/mol. The molecule has 0 fully saturated rings. The summed E-state index contributed by atoms with van der Waals surface area (Å²) in [6.07, 6.45) is -0.281. The molecule has 1 unspecified atom stereocenters. The van der Waals surface area contributed by atoms with Crippen LogP contribution in [0.15, 0.2) is 64.4 Å². The van der Waals surface area contributed by atoms with Crippen molar-refractivity contribution < 1.29 is 5.11 Å². The third-order valence-corrected chi connectivity index (χ3v) is 4.96. The van der Waals surface area contributed by atoms with Gasteiger partial charge in [-0.1, -0.05) is 35.9 Å². The lowest BCUT2D eigenvalue weighted by atomic mass is 10.2. The molecular formula is C16H18OS2. The van der Waals surface area contributed by atoms with Crippen molar-refractivity contribution in [1.82, 2.24) is 0 Å². The minimum absolute atomic E-state index is 0.281. The second-order valence-electron chi connectivity index (χ2n) is 4.40. The highest BCUT2D eigenvalue weighted by Crippen LogP contribution is 2.22. The largest absolute Gasteiger partial charge is 0.391 e. The van der Waals surface area contributed by atoms with E-state index in [1.54, 1.807) is 23.5 Å². The van der Waals surface area contributed by atoms with Crippen molar-refractivity contribution in [3.63, 3.8) is 0 Å². The van der Waals surface area contributed by atoms with Crippen molar-refractivity contribution in [2.45, 2.75) is 22.8 Å². The van der Waals surface area contributed by atoms with Gasteiger partial charge in [0.1, 0.15) is 0 Å². The Bertz CT molecular complexity index is 482. The van der Waals surface area contributed by atoms with Crippen molar-refractivity contribution in [3.8, 4) is 0 Å². The van der Waals surface area contributed by atoms with Gasteiger partial charge in [0, 0.05) is 21.3 Å². The molecule has 2 rings (SSSR count).